The van der Waals surface area contributed by atoms with Crippen LogP contribution in [0.25, 0.3) is 0 Å². The second-order valence-electron chi connectivity index (χ2n) is 5.19. The first-order valence-corrected chi connectivity index (χ1v) is 6.91. The molecule has 2 N–H and O–H groups in total. The Bertz CT molecular complexity index is 650. The third-order valence-corrected chi connectivity index (χ3v) is 3.64. The SMILES string of the molecule is O=C(N/N=C/c1ccc(O)cc1)[C@@H]1C[C@H]1c1ccccc1. The summed E-state index contributed by atoms with van der Waals surface area (Å²) in [6, 6.07) is 16.7. The molecule has 0 bridgehead atoms. The first-order valence-electron chi connectivity index (χ1n) is 6.91. The molecule has 3 rings (SSSR count). The number of phenolic OH excluding ortho intramolecular Hbond substituents is 1. The van der Waals surface area contributed by atoms with Crippen LogP contribution >= 0.6 is 0 Å². The van der Waals surface area contributed by atoms with E-state index in [4.69, 9.17) is 0 Å². The van der Waals surface area contributed by atoms with Crippen molar-refractivity contribution in [3.8, 4) is 5.75 Å². The van der Waals surface area contributed by atoms with Gasteiger partial charge < -0.3 is 5.11 Å². The number of nitrogens with one attached hydrogen (secondary N) is 1. The first-order chi connectivity index (χ1) is 10.2. The zero-order valence-corrected chi connectivity index (χ0v) is 11.4. The lowest BCUT2D eigenvalue weighted by molar-refractivity contribution is -0.122. The molecule has 0 aliphatic heterocycles. The highest BCUT2D eigenvalue weighted by atomic mass is 16.3. The number of hydrazone groups is 1. The highest BCUT2D eigenvalue weighted by Crippen LogP contribution is 2.47. The molecule has 1 amide bonds. The van der Waals surface area contributed by atoms with E-state index in [9.17, 15) is 9.90 Å². The average Bonchev–Trinajstić information content (AvgIpc) is 3.31. The van der Waals surface area contributed by atoms with E-state index in [1.54, 1.807) is 30.5 Å². The van der Waals surface area contributed by atoms with Gasteiger partial charge in [-0.2, -0.15) is 5.10 Å². The van der Waals surface area contributed by atoms with Crippen LogP contribution in [0.5, 0.6) is 5.75 Å². The summed E-state index contributed by atoms with van der Waals surface area (Å²) in [5.74, 6) is 0.498. The Morgan fingerprint density at radius 3 is 2.57 bits per heavy atom. The van der Waals surface area contributed by atoms with Crippen molar-refractivity contribution in [2.45, 2.75) is 12.3 Å². The highest BCUT2D eigenvalue weighted by molar-refractivity contribution is 5.85. The van der Waals surface area contributed by atoms with Crippen molar-refractivity contribution in [1.29, 1.82) is 0 Å². The molecule has 0 saturated heterocycles. The second-order valence-corrected chi connectivity index (χ2v) is 5.19. The number of phenols is 1. The first kappa shape index (κ1) is 13.4. The third-order valence-electron chi connectivity index (χ3n) is 3.64. The Kier molecular flexibility index (Phi) is 3.69. The van der Waals surface area contributed by atoms with Crippen LogP contribution in [0, 0.1) is 5.92 Å². The van der Waals surface area contributed by atoms with E-state index < -0.39 is 0 Å². The van der Waals surface area contributed by atoms with Gasteiger partial charge >= 0.3 is 0 Å². The Hall–Kier alpha value is -2.62. The summed E-state index contributed by atoms with van der Waals surface area (Å²) in [5, 5.41) is 13.1. The molecule has 0 radical (unpaired) electrons. The Balaban J connectivity index is 1.53. The smallest absolute Gasteiger partial charge is 0.243 e. The zero-order chi connectivity index (χ0) is 14.7. The van der Waals surface area contributed by atoms with Crippen LogP contribution in [-0.4, -0.2) is 17.2 Å². The summed E-state index contributed by atoms with van der Waals surface area (Å²) in [7, 11) is 0. The molecule has 1 fully saturated rings. The minimum atomic E-state index is -0.0427. The van der Waals surface area contributed by atoms with E-state index in [1.165, 1.54) is 5.56 Å². The molecule has 106 valence electrons. The molecular formula is C17H16N2O2. The Morgan fingerprint density at radius 2 is 1.86 bits per heavy atom. The third kappa shape index (κ3) is 3.28. The number of benzene rings is 2. The zero-order valence-electron chi connectivity index (χ0n) is 11.4. The van der Waals surface area contributed by atoms with Crippen molar-refractivity contribution in [2.24, 2.45) is 11.0 Å². The van der Waals surface area contributed by atoms with Gasteiger partial charge in [-0.15, -0.1) is 0 Å². The van der Waals surface area contributed by atoms with Gasteiger partial charge in [-0.05, 0) is 47.7 Å². The molecule has 0 aromatic heterocycles. The number of carbonyl (C=O) groups excluding carboxylic acids is 1. The summed E-state index contributed by atoms with van der Waals surface area (Å²) in [6.45, 7) is 0. The summed E-state index contributed by atoms with van der Waals surface area (Å²) in [6.07, 6.45) is 2.45. The summed E-state index contributed by atoms with van der Waals surface area (Å²) in [5.41, 5.74) is 4.61. The van der Waals surface area contributed by atoms with E-state index >= 15 is 0 Å². The van der Waals surface area contributed by atoms with Gasteiger partial charge in [0.2, 0.25) is 5.91 Å². The Morgan fingerprint density at radius 1 is 1.14 bits per heavy atom. The van der Waals surface area contributed by atoms with E-state index in [2.05, 4.69) is 22.7 Å². The number of rotatable bonds is 4. The summed E-state index contributed by atoms with van der Waals surface area (Å²) in [4.78, 5) is 12.0. The van der Waals surface area contributed by atoms with Gasteiger partial charge in [0.05, 0.1) is 6.21 Å². The van der Waals surface area contributed by atoms with Crippen molar-refractivity contribution in [3.63, 3.8) is 0 Å². The van der Waals surface area contributed by atoms with E-state index in [0.717, 1.165) is 12.0 Å². The molecule has 0 heterocycles. The fourth-order valence-corrected chi connectivity index (χ4v) is 2.37. The molecule has 21 heavy (non-hydrogen) atoms. The largest absolute Gasteiger partial charge is 0.508 e. The number of nitrogens with zero attached hydrogens (tertiary/aromatic N) is 1. The minimum Gasteiger partial charge on any atom is -0.508 e. The quantitative estimate of drug-likeness (QED) is 0.668. The molecule has 1 saturated carbocycles. The molecule has 4 heteroatoms. The molecule has 4 nitrogen and oxygen atoms in total. The highest BCUT2D eigenvalue weighted by Gasteiger charge is 2.43. The van der Waals surface area contributed by atoms with Crippen molar-refractivity contribution >= 4 is 12.1 Å². The van der Waals surface area contributed by atoms with Gasteiger partial charge in [-0.1, -0.05) is 30.3 Å². The van der Waals surface area contributed by atoms with Crippen molar-refractivity contribution in [3.05, 3.63) is 65.7 Å². The molecule has 0 unspecified atom stereocenters. The van der Waals surface area contributed by atoms with E-state index in [-0.39, 0.29) is 17.6 Å². The number of carbonyl (C=O) groups is 1. The van der Waals surface area contributed by atoms with Crippen LogP contribution in [0.1, 0.15) is 23.5 Å². The van der Waals surface area contributed by atoms with E-state index in [1.807, 2.05) is 18.2 Å². The van der Waals surface area contributed by atoms with Crippen molar-refractivity contribution in [2.75, 3.05) is 0 Å². The lowest BCUT2D eigenvalue weighted by atomic mass is 10.1. The van der Waals surface area contributed by atoms with Gasteiger partial charge in [0.1, 0.15) is 5.75 Å². The van der Waals surface area contributed by atoms with Gasteiger partial charge in [0.15, 0.2) is 0 Å². The molecule has 2 aromatic carbocycles. The number of amides is 1. The van der Waals surface area contributed by atoms with Crippen LogP contribution in [0.4, 0.5) is 0 Å². The molecule has 1 aliphatic carbocycles. The van der Waals surface area contributed by atoms with E-state index in [0.29, 0.717) is 5.92 Å². The van der Waals surface area contributed by atoms with Gasteiger partial charge in [0, 0.05) is 5.92 Å². The fourth-order valence-electron chi connectivity index (χ4n) is 2.37. The summed E-state index contributed by atoms with van der Waals surface area (Å²) >= 11 is 0. The molecular weight excluding hydrogens is 264 g/mol. The predicted octanol–water partition coefficient (Wildman–Crippen LogP) is 2.65. The lowest BCUT2D eigenvalue weighted by Crippen LogP contribution is -2.20. The lowest BCUT2D eigenvalue weighted by Gasteiger charge is -2.00. The number of hydrogen-bond acceptors (Lipinski definition) is 3. The van der Waals surface area contributed by atoms with Gasteiger partial charge in [0.25, 0.3) is 0 Å². The minimum absolute atomic E-state index is 0.0179. The van der Waals surface area contributed by atoms with Crippen LogP contribution in [0.2, 0.25) is 0 Å². The topological polar surface area (TPSA) is 61.7 Å². The second kappa shape index (κ2) is 5.79. The maximum absolute atomic E-state index is 12.0. The maximum Gasteiger partial charge on any atom is 0.243 e. The fraction of sp³-hybridized carbons (Fsp3) is 0.176. The van der Waals surface area contributed by atoms with Crippen molar-refractivity contribution < 1.29 is 9.90 Å². The molecule has 2 aromatic rings. The number of hydrogen-bond donors (Lipinski definition) is 2. The maximum atomic E-state index is 12.0. The van der Waals surface area contributed by atoms with Crippen LogP contribution < -0.4 is 5.43 Å². The Labute approximate surface area is 123 Å². The monoisotopic (exact) mass is 280 g/mol. The average molecular weight is 280 g/mol. The van der Waals surface area contributed by atoms with Gasteiger partial charge in [-0.25, -0.2) is 5.43 Å². The summed E-state index contributed by atoms with van der Waals surface area (Å²) < 4.78 is 0. The van der Waals surface area contributed by atoms with Crippen LogP contribution in [0.3, 0.4) is 0 Å². The number of aromatic hydroxyl groups is 1. The normalized spacial score (nSPS) is 20.4. The predicted molar refractivity (Wildman–Crippen MR) is 81.1 cm³/mol. The molecule has 1 aliphatic rings. The van der Waals surface area contributed by atoms with Crippen LogP contribution in [0.15, 0.2) is 59.7 Å². The van der Waals surface area contributed by atoms with Crippen molar-refractivity contribution in [1.82, 2.24) is 5.43 Å². The van der Waals surface area contributed by atoms with Gasteiger partial charge in [-0.3, -0.25) is 4.79 Å². The molecule has 0 spiro atoms. The van der Waals surface area contributed by atoms with Crippen LogP contribution in [-0.2, 0) is 4.79 Å². The standard InChI is InChI=1S/C17H16N2O2/c20-14-8-6-12(7-9-14)11-18-19-17(21)16-10-15(16)13-4-2-1-3-5-13/h1-9,11,15-16,20H,10H2,(H,19,21)/b18-11+/t15-,16+/m0/s1. The molecule has 2 atom stereocenters.